The Morgan fingerprint density at radius 2 is 2.20 bits per heavy atom. The third-order valence-electron chi connectivity index (χ3n) is 6.05. The van der Waals surface area contributed by atoms with Crippen LogP contribution in [-0.2, 0) is 4.74 Å². The Bertz CT molecular complexity index is 1190. The highest BCUT2D eigenvalue weighted by molar-refractivity contribution is 5.86. The largest absolute Gasteiger partial charge is 0.446 e. The zero-order valence-electron chi connectivity index (χ0n) is 16.9. The third kappa shape index (κ3) is 3.06. The average molecular weight is 405 g/mol. The number of carbonyl (C=O) groups is 1. The normalized spacial score (nSPS) is 21.3. The highest BCUT2D eigenvalue weighted by Gasteiger charge is 2.39. The first-order valence-corrected chi connectivity index (χ1v) is 10.2. The molecular weight excluding hydrogens is 382 g/mol. The predicted octanol–water partition coefficient (Wildman–Crippen LogP) is 3.55. The van der Waals surface area contributed by atoms with E-state index in [0.717, 1.165) is 41.9 Å². The van der Waals surface area contributed by atoms with Gasteiger partial charge in [-0.2, -0.15) is 0 Å². The van der Waals surface area contributed by atoms with Gasteiger partial charge in [0, 0.05) is 25.4 Å². The van der Waals surface area contributed by atoms with Crippen molar-refractivity contribution >= 4 is 28.6 Å². The molecule has 1 amide bonds. The van der Waals surface area contributed by atoms with Crippen molar-refractivity contribution in [2.45, 2.75) is 38.2 Å². The monoisotopic (exact) mass is 405 g/mol. The summed E-state index contributed by atoms with van der Waals surface area (Å²) in [5.41, 5.74) is 3.19. The Morgan fingerprint density at radius 3 is 3.00 bits per heavy atom. The van der Waals surface area contributed by atoms with Gasteiger partial charge in [0.2, 0.25) is 0 Å². The Labute approximate surface area is 173 Å². The van der Waals surface area contributed by atoms with Gasteiger partial charge < -0.3 is 9.72 Å². The molecular formula is C21H23N7O2. The molecule has 9 heteroatoms. The van der Waals surface area contributed by atoms with E-state index in [1.165, 1.54) is 4.90 Å². The van der Waals surface area contributed by atoms with Crippen molar-refractivity contribution < 1.29 is 9.53 Å². The lowest BCUT2D eigenvalue weighted by atomic mass is 9.93. The lowest BCUT2D eigenvalue weighted by Crippen LogP contribution is -2.30. The van der Waals surface area contributed by atoms with E-state index in [-0.39, 0.29) is 18.1 Å². The number of ether oxygens (including phenoxy) is 1. The first-order chi connectivity index (χ1) is 14.7. The van der Waals surface area contributed by atoms with Crippen LogP contribution in [0, 0.1) is 5.92 Å². The molecule has 0 aliphatic heterocycles. The fourth-order valence-corrected chi connectivity index (χ4v) is 4.45. The van der Waals surface area contributed by atoms with Crippen LogP contribution in [0.15, 0.2) is 43.0 Å². The van der Waals surface area contributed by atoms with Crippen molar-refractivity contribution in [1.82, 2.24) is 29.5 Å². The number of amides is 1. The number of nitrogens with zero attached hydrogens (tertiary/aromatic N) is 6. The molecule has 4 aromatic heterocycles. The number of rotatable bonds is 4. The van der Waals surface area contributed by atoms with Crippen molar-refractivity contribution in [2.24, 2.45) is 5.92 Å². The summed E-state index contributed by atoms with van der Waals surface area (Å²) < 4.78 is 7.92. The van der Waals surface area contributed by atoms with Crippen molar-refractivity contribution in [3.05, 3.63) is 48.8 Å². The van der Waals surface area contributed by atoms with Crippen LogP contribution >= 0.6 is 0 Å². The molecule has 9 nitrogen and oxygen atoms in total. The maximum atomic E-state index is 12.7. The van der Waals surface area contributed by atoms with Gasteiger partial charge in [-0.05, 0) is 37.0 Å². The number of nitrogens with one attached hydrogen (secondary N) is 1. The van der Waals surface area contributed by atoms with E-state index >= 15 is 0 Å². The van der Waals surface area contributed by atoms with Gasteiger partial charge in [-0.1, -0.05) is 13.3 Å². The van der Waals surface area contributed by atoms with Gasteiger partial charge in [0.25, 0.3) is 0 Å². The van der Waals surface area contributed by atoms with Crippen molar-refractivity contribution in [2.75, 3.05) is 11.9 Å². The molecule has 3 atom stereocenters. The average Bonchev–Trinajstić information content (AvgIpc) is 3.50. The van der Waals surface area contributed by atoms with Gasteiger partial charge in [-0.25, -0.2) is 9.78 Å². The van der Waals surface area contributed by atoms with Gasteiger partial charge >= 0.3 is 6.09 Å². The minimum Gasteiger partial charge on any atom is -0.446 e. The van der Waals surface area contributed by atoms with E-state index in [4.69, 9.17) is 4.74 Å². The second kappa shape index (κ2) is 7.40. The number of hydrogen-bond donors (Lipinski definition) is 1. The van der Waals surface area contributed by atoms with Crippen LogP contribution in [0.4, 0.5) is 10.5 Å². The van der Waals surface area contributed by atoms with Gasteiger partial charge in [0.1, 0.15) is 11.9 Å². The van der Waals surface area contributed by atoms with Crippen LogP contribution in [0.5, 0.6) is 0 Å². The van der Waals surface area contributed by atoms with E-state index in [2.05, 4.69) is 36.5 Å². The molecule has 1 saturated carbocycles. The maximum Gasteiger partial charge on any atom is 0.414 e. The number of pyridine rings is 1. The van der Waals surface area contributed by atoms with Crippen molar-refractivity contribution in [1.29, 1.82) is 0 Å². The maximum absolute atomic E-state index is 12.7. The van der Waals surface area contributed by atoms with Gasteiger partial charge in [0.15, 0.2) is 11.3 Å². The number of carbonyl (C=O) groups excluding carboxylic acids is 1. The number of hydrogen-bond acceptors (Lipinski definition) is 6. The number of aromatic nitrogens is 6. The summed E-state index contributed by atoms with van der Waals surface area (Å²) in [6.07, 6.45) is 8.89. The molecule has 0 bridgehead atoms. The number of anilines is 1. The zero-order chi connectivity index (χ0) is 20.7. The summed E-state index contributed by atoms with van der Waals surface area (Å²) in [6.45, 7) is 2.17. The van der Waals surface area contributed by atoms with Crippen LogP contribution in [0.1, 0.15) is 37.9 Å². The minimum absolute atomic E-state index is 0.159. The summed E-state index contributed by atoms with van der Waals surface area (Å²) in [4.78, 5) is 25.8. The summed E-state index contributed by atoms with van der Waals surface area (Å²) in [5, 5.41) is 8.83. The lowest BCUT2D eigenvalue weighted by molar-refractivity contribution is 0.106. The van der Waals surface area contributed by atoms with Crippen LogP contribution in [0.2, 0.25) is 0 Å². The Balaban J connectivity index is 1.39. The molecule has 1 fully saturated rings. The van der Waals surface area contributed by atoms with Crippen LogP contribution in [-0.4, -0.2) is 48.8 Å². The summed E-state index contributed by atoms with van der Waals surface area (Å²) in [5.74, 6) is 1.43. The Morgan fingerprint density at radius 1 is 1.30 bits per heavy atom. The topological polar surface area (TPSA) is 101 Å². The third-order valence-corrected chi connectivity index (χ3v) is 6.05. The smallest absolute Gasteiger partial charge is 0.414 e. The summed E-state index contributed by atoms with van der Waals surface area (Å²) in [6, 6.07) is 5.61. The number of H-pyrrole nitrogens is 1. The van der Waals surface area contributed by atoms with Crippen molar-refractivity contribution in [3.63, 3.8) is 0 Å². The zero-order valence-corrected chi connectivity index (χ0v) is 16.9. The molecule has 0 radical (unpaired) electrons. The highest BCUT2D eigenvalue weighted by Crippen LogP contribution is 2.42. The Kier molecular flexibility index (Phi) is 4.57. The number of aromatic amines is 1. The molecule has 0 unspecified atom stereocenters. The molecule has 30 heavy (non-hydrogen) atoms. The van der Waals surface area contributed by atoms with Crippen LogP contribution in [0.3, 0.4) is 0 Å². The lowest BCUT2D eigenvalue weighted by Gasteiger charge is -2.20. The molecule has 5 rings (SSSR count). The quantitative estimate of drug-likeness (QED) is 0.557. The molecule has 0 aromatic carbocycles. The Hall–Kier alpha value is -3.49. The second-order valence-corrected chi connectivity index (χ2v) is 7.74. The summed E-state index contributed by atoms with van der Waals surface area (Å²) in [7, 11) is 1.70. The number of fused-ring (bicyclic) bond motifs is 3. The molecule has 1 N–H and O–H groups in total. The molecule has 0 saturated heterocycles. The van der Waals surface area contributed by atoms with Crippen LogP contribution < -0.4 is 4.90 Å². The van der Waals surface area contributed by atoms with E-state index in [0.29, 0.717) is 11.6 Å². The fraction of sp³-hybridized carbons (Fsp3) is 0.381. The van der Waals surface area contributed by atoms with Gasteiger partial charge in [-0.15, -0.1) is 10.2 Å². The molecule has 0 spiro atoms. The van der Waals surface area contributed by atoms with Crippen molar-refractivity contribution in [3.8, 4) is 0 Å². The summed E-state index contributed by atoms with van der Waals surface area (Å²) >= 11 is 0. The van der Waals surface area contributed by atoms with Crippen LogP contribution in [0.25, 0.3) is 16.8 Å². The standard InChI is InChI=1S/C21H23N7O2/c1-3-13-9-15(30-21(29)27(2)14-5-4-7-22-11-14)10-16(13)20-26-25-18-12-24-19-17(28(18)20)6-8-23-19/h4-8,11-13,15-16,23H,3,9-10H2,1-2H3/t13-,15+,16+/m1/s1. The molecule has 4 heterocycles. The molecule has 1 aliphatic carbocycles. The van der Waals surface area contributed by atoms with E-state index in [1.807, 2.05) is 18.3 Å². The second-order valence-electron chi connectivity index (χ2n) is 7.74. The molecule has 1 aliphatic rings. The predicted molar refractivity (Wildman–Crippen MR) is 111 cm³/mol. The first kappa shape index (κ1) is 18.5. The van der Waals surface area contributed by atoms with Gasteiger partial charge in [-0.3, -0.25) is 14.3 Å². The minimum atomic E-state index is -0.369. The molecule has 154 valence electrons. The van der Waals surface area contributed by atoms with E-state index < -0.39 is 0 Å². The first-order valence-electron chi connectivity index (χ1n) is 10.2. The molecule has 4 aromatic rings. The highest BCUT2D eigenvalue weighted by atomic mass is 16.6. The van der Waals surface area contributed by atoms with Gasteiger partial charge in [0.05, 0.1) is 23.6 Å². The van der Waals surface area contributed by atoms with E-state index in [1.54, 1.807) is 31.7 Å². The fourth-order valence-electron chi connectivity index (χ4n) is 4.45. The SMILES string of the molecule is CC[C@@H]1C[C@H](OC(=O)N(C)c2cccnc2)C[C@@H]1c1nnc2cnc3[nH]ccc3n12. The van der Waals surface area contributed by atoms with E-state index in [9.17, 15) is 4.79 Å².